The number of halogens is 1. The molecule has 1 heterocycles. The van der Waals surface area contributed by atoms with Crippen LogP contribution in [0.4, 0.5) is 0 Å². The highest BCUT2D eigenvalue weighted by atomic mass is 35.5. The Labute approximate surface area is 105 Å². The van der Waals surface area contributed by atoms with E-state index in [9.17, 15) is 0 Å². The van der Waals surface area contributed by atoms with E-state index in [1.165, 1.54) is 0 Å². The van der Waals surface area contributed by atoms with Crippen LogP contribution in [0.3, 0.4) is 0 Å². The van der Waals surface area contributed by atoms with E-state index in [4.69, 9.17) is 20.9 Å². The van der Waals surface area contributed by atoms with Gasteiger partial charge in [0, 0.05) is 6.61 Å². The molecule has 1 atom stereocenters. The third-order valence-corrected chi connectivity index (χ3v) is 2.50. The van der Waals surface area contributed by atoms with Gasteiger partial charge in [-0.25, -0.2) is 0 Å². The Balaban J connectivity index is 2.28. The summed E-state index contributed by atoms with van der Waals surface area (Å²) in [6, 6.07) is 9.79. The molecule has 0 aliphatic carbocycles. The van der Waals surface area contributed by atoms with Gasteiger partial charge in [-0.15, -0.1) is 11.6 Å². The van der Waals surface area contributed by atoms with E-state index in [0.717, 1.165) is 5.56 Å². The van der Waals surface area contributed by atoms with Crippen LogP contribution in [0.2, 0.25) is 0 Å². The summed E-state index contributed by atoms with van der Waals surface area (Å²) in [5.41, 5.74) is 0.997. The Kier molecular flexibility index (Phi) is 4.12. The zero-order valence-corrected chi connectivity index (χ0v) is 10.2. The van der Waals surface area contributed by atoms with E-state index in [0.29, 0.717) is 18.3 Å². The molecule has 5 heteroatoms. The lowest BCUT2D eigenvalue weighted by molar-refractivity contribution is 0.0833. The molecule has 0 fully saturated rings. The fourth-order valence-corrected chi connectivity index (χ4v) is 1.65. The van der Waals surface area contributed by atoms with Gasteiger partial charge in [0.05, 0.1) is 0 Å². The maximum absolute atomic E-state index is 5.64. The van der Waals surface area contributed by atoms with Crippen molar-refractivity contribution in [2.45, 2.75) is 18.9 Å². The number of aromatic nitrogens is 2. The molecule has 0 aliphatic heterocycles. The second-order valence-corrected chi connectivity index (χ2v) is 3.69. The molecule has 1 aromatic heterocycles. The number of benzene rings is 1. The van der Waals surface area contributed by atoms with Gasteiger partial charge >= 0.3 is 0 Å². The first-order chi connectivity index (χ1) is 8.35. The topological polar surface area (TPSA) is 48.2 Å². The van der Waals surface area contributed by atoms with Crippen molar-refractivity contribution in [2.75, 3.05) is 6.61 Å². The van der Waals surface area contributed by atoms with Crippen LogP contribution in [0.5, 0.6) is 0 Å². The van der Waals surface area contributed by atoms with Crippen molar-refractivity contribution in [3.05, 3.63) is 47.6 Å². The maximum atomic E-state index is 5.64. The molecule has 0 saturated carbocycles. The summed E-state index contributed by atoms with van der Waals surface area (Å²) in [7, 11) is 0. The number of rotatable bonds is 5. The first-order valence-corrected chi connectivity index (χ1v) is 5.93. The first kappa shape index (κ1) is 12.1. The Morgan fingerprint density at radius 1 is 1.35 bits per heavy atom. The van der Waals surface area contributed by atoms with Crippen LogP contribution in [-0.4, -0.2) is 16.7 Å². The molecule has 2 aromatic rings. The lowest BCUT2D eigenvalue weighted by Gasteiger charge is -2.13. The molecule has 4 nitrogen and oxygen atoms in total. The smallest absolute Gasteiger partial charge is 0.241 e. The number of nitrogens with zero attached hydrogens (tertiary/aromatic N) is 2. The minimum Gasteiger partial charge on any atom is -0.366 e. The van der Waals surface area contributed by atoms with Gasteiger partial charge in [-0.05, 0) is 12.5 Å². The Morgan fingerprint density at radius 2 is 2.12 bits per heavy atom. The molecular formula is C12H13ClN2O2. The minimum atomic E-state index is -0.304. The van der Waals surface area contributed by atoms with Gasteiger partial charge in [0.25, 0.3) is 0 Å². The number of alkyl halides is 1. The first-order valence-electron chi connectivity index (χ1n) is 5.40. The lowest BCUT2D eigenvalue weighted by Crippen LogP contribution is -2.08. The molecule has 0 saturated heterocycles. The predicted octanol–water partition coefficient (Wildman–Crippen LogP) is 2.93. The molecule has 0 N–H and O–H groups in total. The van der Waals surface area contributed by atoms with Crippen LogP contribution in [0.25, 0.3) is 0 Å². The van der Waals surface area contributed by atoms with Crippen molar-refractivity contribution in [1.29, 1.82) is 0 Å². The van der Waals surface area contributed by atoms with Crippen molar-refractivity contribution in [3.63, 3.8) is 0 Å². The van der Waals surface area contributed by atoms with Crippen LogP contribution < -0.4 is 0 Å². The molecule has 0 radical (unpaired) electrons. The molecule has 1 unspecified atom stereocenters. The summed E-state index contributed by atoms with van der Waals surface area (Å²) in [6.07, 6.45) is -0.304. The van der Waals surface area contributed by atoms with Crippen LogP contribution in [0.15, 0.2) is 34.9 Å². The van der Waals surface area contributed by atoms with Gasteiger partial charge in [-0.3, -0.25) is 0 Å². The molecule has 0 amide bonds. The Bertz CT molecular complexity index is 459. The quantitative estimate of drug-likeness (QED) is 0.768. The predicted molar refractivity (Wildman–Crippen MR) is 63.8 cm³/mol. The van der Waals surface area contributed by atoms with Gasteiger partial charge in [-0.1, -0.05) is 35.5 Å². The molecule has 0 spiro atoms. The van der Waals surface area contributed by atoms with E-state index in [1.54, 1.807) is 0 Å². The van der Waals surface area contributed by atoms with Crippen molar-refractivity contribution in [1.82, 2.24) is 10.1 Å². The zero-order chi connectivity index (χ0) is 12.1. The fourth-order valence-electron chi connectivity index (χ4n) is 1.54. The maximum Gasteiger partial charge on any atom is 0.241 e. The van der Waals surface area contributed by atoms with Crippen LogP contribution in [-0.2, 0) is 10.6 Å². The van der Waals surface area contributed by atoms with Crippen LogP contribution in [0.1, 0.15) is 30.3 Å². The normalized spacial score (nSPS) is 12.6. The van der Waals surface area contributed by atoms with E-state index in [-0.39, 0.29) is 12.0 Å². The third-order valence-electron chi connectivity index (χ3n) is 2.27. The Hall–Kier alpha value is -1.39. The third kappa shape index (κ3) is 2.84. The number of hydrogen-bond acceptors (Lipinski definition) is 4. The molecule has 0 aliphatic rings. The van der Waals surface area contributed by atoms with Crippen molar-refractivity contribution in [3.8, 4) is 0 Å². The highest BCUT2D eigenvalue weighted by Crippen LogP contribution is 2.23. The van der Waals surface area contributed by atoms with Crippen LogP contribution >= 0.6 is 11.6 Å². The second-order valence-electron chi connectivity index (χ2n) is 3.43. The zero-order valence-electron chi connectivity index (χ0n) is 9.47. The second kappa shape index (κ2) is 5.80. The molecular weight excluding hydrogens is 240 g/mol. The minimum absolute atomic E-state index is 0.209. The summed E-state index contributed by atoms with van der Waals surface area (Å²) < 4.78 is 10.6. The summed E-state index contributed by atoms with van der Waals surface area (Å²) in [4.78, 5) is 4.19. The highest BCUT2D eigenvalue weighted by Gasteiger charge is 2.20. The average Bonchev–Trinajstić information content (AvgIpc) is 2.85. The molecule has 2 rings (SSSR count). The van der Waals surface area contributed by atoms with Gasteiger partial charge in [0.1, 0.15) is 12.0 Å². The van der Waals surface area contributed by atoms with Gasteiger partial charge in [-0.2, -0.15) is 4.98 Å². The fraction of sp³-hybridized carbons (Fsp3) is 0.333. The largest absolute Gasteiger partial charge is 0.366 e. The summed E-state index contributed by atoms with van der Waals surface area (Å²) in [6.45, 7) is 2.50. The van der Waals surface area contributed by atoms with Crippen molar-refractivity contribution in [2.24, 2.45) is 0 Å². The van der Waals surface area contributed by atoms with E-state index in [1.807, 2.05) is 37.3 Å². The summed E-state index contributed by atoms with van der Waals surface area (Å²) >= 11 is 5.63. The van der Waals surface area contributed by atoms with Gasteiger partial charge in [0.2, 0.25) is 11.7 Å². The van der Waals surface area contributed by atoms with Gasteiger partial charge < -0.3 is 9.26 Å². The van der Waals surface area contributed by atoms with E-state index in [2.05, 4.69) is 10.1 Å². The monoisotopic (exact) mass is 252 g/mol. The standard InChI is InChI=1S/C12H13ClN2O2/c1-2-16-11(9-6-4-3-5-7-9)12-14-10(8-13)17-15-12/h3-7,11H,2,8H2,1H3. The van der Waals surface area contributed by atoms with Gasteiger partial charge in [0.15, 0.2) is 0 Å². The van der Waals surface area contributed by atoms with Crippen molar-refractivity contribution < 1.29 is 9.26 Å². The molecule has 17 heavy (non-hydrogen) atoms. The summed E-state index contributed by atoms with van der Waals surface area (Å²) in [5.74, 6) is 1.12. The molecule has 0 bridgehead atoms. The van der Waals surface area contributed by atoms with Crippen molar-refractivity contribution >= 4 is 11.6 Å². The van der Waals surface area contributed by atoms with E-state index >= 15 is 0 Å². The SMILES string of the molecule is CCOC(c1ccccc1)c1noc(CCl)n1. The Morgan fingerprint density at radius 3 is 2.71 bits per heavy atom. The number of hydrogen-bond donors (Lipinski definition) is 0. The summed E-state index contributed by atoms with van der Waals surface area (Å²) in [5, 5.41) is 3.89. The number of ether oxygens (including phenoxy) is 1. The average molecular weight is 253 g/mol. The molecule has 1 aromatic carbocycles. The lowest BCUT2D eigenvalue weighted by atomic mass is 10.1. The highest BCUT2D eigenvalue weighted by molar-refractivity contribution is 6.16. The van der Waals surface area contributed by atoms with E-state index < -0.39 is 0 Å². The van der Waals surface area contributed by atoms with Crippen LogP contribution in [0, 0.1) is 0 Å². The molecule has 90 valence electrons.